The van der Waals surface area contributed by atoms with Crippen LogP contribution in [0.25, 0.3) is 65.8 Å². The van der Waals surface area contributed by atoms with Crippen molar-refractivity contribution in [3.63, 3.8) is 0 Å². The predicted molar refractivity (Wildman–Crippen MR) is 179 cm³/mol. The van der Waals surface area contributed by atoms with Crippen LogP contribution in [0, 0.1) is 0 Å². The van der Waals surface area contributed by atoms with Gasteiger partial charge in [-0.3, -0.25) is 0 Å². The van der Waals surface area contributed by atoms with Crippen LogP contribution in [0.1, 0.15) is 0 Å². The third-order valence-corrected chi connectivity index (χ3v) is 8.44. The molecule has 2 aromatic heterocycles. The quantitative estimate of drug-likeness (QED) is 0.218. The zero-order valence-electron chi connectivity index (χ0n) is 23.2. The second-order valence-corrected chi connectivity index (χ2v) is 10.9. The van der Waals surface area contributed by atoms with Crippen LogP contribution < -0.4 is 4.90 Å². The van der Waals surface area contributed by atoms with E-state index in [-0.39, 0.29) is 0 Å². The van der Waals surface area contributed by atoms with Crippen molar-refractivity contribution < 1.29 is 8.83 Å². The Hall–Kier alpha value is -5.80. The molecule has 0 aliphatic rings. The molecule has 7 aromatic carbocycles. The normalized spacial score (nSPS) is 11.7. The molecule has 0 saturated carbocycles. The van der Waals surface area contributed by atoms with Gasteiger partial charge in [0.2, 0.25) is 0 Å². The van der Waals surface area contributed by atoms with Gasteiger partial charge in [-0.1, -0.05) is 103 Å². The van der Waals surface area contributed by atoms with Gasteiger partial charge in [0.25, 0.3) is 0 Å². The van der Waals surface area contributed by atoms with Gasteiger partial charge in [-0.05, 0) is 59.5 Å². The van der Waals surface area contributed by atoms with Crippen molar-refractivity contribution in [3.05, 3.63) is 152 Å². The molecule has 0 atom stereocenters. The predicted octanol–water partition coefficient (Wildman–Crippen LogP) is 11.8. The smallest absolute Gasteiger partial charge is 0.143 e. The van der Waals surface area contributed by atoms with E-state index in [1.807, 2.05) is 12.1 Å². The lowest BCUT2D eigenvalue weighted by atomic mass is 10.0. The number of anilines is 3. The number of nitrogens with zero attached hydrogens (tertiary/aromatic N) is 1. The summed E-state index contributed by atoms with van der Waals surface area (Å²) >= 11 is 0. The lowest BCUT2D eigenvalue weighted by Gasteiger charge is -2.26. The summed E-state index contributed by atoms with van der Waals surface area (Å²) in [6.45, 7) is 0. The zero-order valence-corrected chi connectivity index (χ0v) is 23.2. The topological polar surface area (TPSA) is 29.5 Å². The Bertz CT molecular complexity index is 2470. The maximum Gasteiger partial charge on any atom is 0.143 e. The molecule has 0 amide bonds. The van der Waals surface area contributed by atoms with Crippen LogP contribution in [-0.2, 0) is 0 Å². The SMILES string of the molecule is c1ccc(N(c2cccc(-c3cccc4c3oc3ccccc34)c2)c2cccc3oc4c5ccccc5ccc4c23)cc1. The van der Waals surface area contributed by atoms with Crippen LogP contribution in [0.5, 0.6) is 0 Å². The van der Waals surface area contributed by atoms with E-state index in [2.05, 4.69) is 144 Å². The Labute approximate surface area is 247 Å². The van der Waals surface area contributed by atoms with E-state index >= 15 is 0 Å². The van der Waals surface area contributed by atoms with Crippen molar-refractivity contribution in [1.29, 1.82) is 0 Å². The van der Waals surface area contributed by atoms with Gasteiger partial charge in [0.05, 0.1) is 11.1 Å². The maximum absolute atomic E-state index is 6.56. The van der Waals surface area contributed by atoms with Crippen molar-refractivity contribution >= 4 is 71.7 Å². The summed E-state index contributed by atoms with van der Waals surface area (Å²) < 4.78 is 13.0. The van der Waals surface area contributed by atoms with E-state index in [9.17, 15) is 0 Å². The largest absolute Gasteiger partial charge is 0.455 e. The first kappa shape index (κ1) is 23.9. The summed E-state index contributed by atoms with van der Waals surface area (Å²) in [7, 11) is 0. The molecule has 0 fully saturated rings. The van der Waals surface area contributed by atoms with Gasteiger partial charge in [0.15, 0.2) is 0 Å². The van der Waals surface area contributed by atoms with Crippen molar-refractivity contribution in [2.75, 3.05) is 4.90 Å². The highest BCUT2D eigenvalue weighted by Gasteiger charge is 2.21. The van der Waals surface area contributed by atoms with Crippen LogP contribution in [0.3, 0.4) is 0 Å². The third-order valence-electron chi connectivity index (χ3n) is 8.44. The first-order chi connectivity index (χ1) is 21.3. The summed E-state index contributed by atoms with van der Waals surface area (Å²) in [6.07, 6.45) is 0. The number of hydrogen-bond acceptors (Lipinski definition) is 3. The molecule has 0 radical (unpaired) electrons. The average molecular weight is 552 g/mol. The van der Waals surface area contributed by atoms with Crippen LogP contribution in [0.4, 0.5) is 17.1 Å². The Kier molecular flexibility index (Phi) is 5.20. The van der Waals surface area contributed by atoms with Crippen molar-refractivity contribution in [1.82, 2.24) is 0 Å². The standard InChI is InChI=1S/C40H25NO2/c1-2-13-28(14-3-1)41(35-20-10-22-37-38(35)34-24-23-26-11-4-5-16-30(26)40(34)43-37)29-15-8-12-27(25-29)31-18-9-19-33-32-17-6-7-21-36(32)42-39(31)33/h1-25H. The molecule has 3 nitrogen and oxygen atoms in total. The lowest BCUT2D eigenvalue weighted by molar-refractivity contribution is 0.670. The highest BCUT2D eigenvalue weighted by molar-refractivity contribution is 6.19. The summed E-state index contributed by atoms with van der Waals surface area (Å²) in [5.74, 6) is 0. The van der Waals surface area contributed by atoms with Gasteiger partial charge in [-0.15, -0.1) is 0 Å². The zero-order chi connectivity index (χ0) is 28.3. The van der Waals surface area contributed by atoms with Crippen molar-refractivity contribution in [3.8, 4) is 11.1 Å². The van der Waals surface area contributed by atoms with Crippen molar-refractivity contribution in [2.45, 2.75) is 0 Å². The fraction of sp³-hybridized carbons (Fsp3) is 0. The highest BCUT2D eigenvalue weighted by Crippen LogP contribution is 2.45. The Balaban J connectivity index is 1.29. The first-order valence-electron chi connectivity index (χ1n) is 14.5. The van der Waals surface area contributed by atoms with E-state index in [1.54, 1.807) is 0 Å². The monoisotopic (exact) mass is 551 g/mol. The molecule has 9 rings (SSSR count). The summed E-state index contributed by atoms with van der Waals surface area (Å²) in [4.78, 5) is 2.33. The Morgan fingerprint density at radius 2 is 1.12 bits per heavy atom. The molecule has 0 unspecified atom stereocenters. The molecule has 0 N–H and O–H groups in total. The summed E-state index contributed by atoms with van der Waals surface area (Å²) in [6, 6.07) is 53.0. The van der Waals surface area contributed by atoms with Crippen LogP contribution in [-0.4, -0.2) is 0 Å². The number of furan rings is 2. The third kappa shape index (κ3) is 3.68. The number of fused-ring (bicyclic) bond motifs is 8. The molecule has 0 saturated heterocycles. The molecule has 43 heavy (non-hydrogen) atoms. The lowest BCUT2D eigenvalue weighted by Crippen LogP contribution is -2.10. The van der Waals surface area contributed by atoms with Crippen molar-refractivity contribution in [2.24, 2.45) is 0 Å². The summed E-state index contributed by atoms with van der Waals surface area (Å²) in [5.41, 5.74) is 8.95. The van der Waals surface area contributed by atoms with Gasteiger partial charge >= 0.3 is 0 Å². The second-order valence-electron chi connectivity index (χ2n) is 10.9. The summed E-state index contributed by atoms with van der Waals surface area (Å²) in [5, 5.41) is 6.75. The van der Waals surface area contributed by atoms with Gasteiger partial charge in [0.1, 0.15) is 22.3 Å². The van der Waals surface area contributed by atoms with Gasteiger partial charge in [0, 0.05) is 38.5 Å². The fourth-order valence-corrected chi connectivity index (χ4v) is 6.51. The molecule has 0 aliphatic heterocycles. The molecule has 3 heteroatoms. The molecule has 0 spiro atoms. The second kappa shape index (κ2) is 9.37. The molecular formula is C40H25NO2. The minimum atomic E-state index is 0.869. The van der Waals surface area contributed by atoms with E-state index in [0.29, 0.717) is 0 Å². The number of para-hydroxylation sites is 3. The molecule has 0 aliphatic carbocycles. The maximum atomic E-state index is 6.56. The van der Waals surface area contributed by atoms with E-state index in [1.165, 1.54) is 5.39 Å². The minimum Gasteiger partial charge on any atom is -0.455 e. The van der Waals surface area contributed by atoms with Crippen LogP contribution >= 0.6 is 0 Å². The van der Waals surface area contributed by atoms with Crippen LogP contribution in [0.2, 0.25) is 0 Å². The molecule has 9 aromatic rings. The molecular weight excluding hydrogens is 526 g/mol. The fourth-order valence-electron chi connectivity index (χ4n) is 6.51. The molecule has 0 bridgehead atoms. The van der Waals surface area contributed by atoms with Crippen LogP contribution in [0.15, 0.2) is 160 Å². The number of benzene rings is 7. The van der Waals surface area contributed by atoms with Gasteiger partial charge in [-0.25, -0.2) is 0 Å². The Morgan fingerprint density at radius 1 is 0.419 bits per heavy atom. The number of rotatable bonds is 4. The van der Waals surface area contributed by atoms with Gasteiger partial charge in [-0.2, -0.15) is 0 Å². The average Bonchev–Trinajstić information content (AvgIpc) is 3.65. The molecule has 202 valence electrons. The number of hydrogen-bond donors (Lipinski definition) is 0. The Morgan fingerprint density at radius 3 is 2.05 bits per heavy atom. The molecule has 2 heterocycles. The first-order valence-corrected chi connectivity index (χ1v) is 14.5. The van der Waals surface area contributed by atoms with E-state index in [4.69, 9.17) is 8.83 Å². The highest BCUT2D eigenvalue weighted by atomic mass is 16.3. The van der Waals surface area contributed by atoms with Gasteiger partial charge < -0.3 is 13.7 Å². The van der Waals surface area contributed by atoms with E-state index < -0.39 is 0 Å². The van der Waals surface area contributed by atoms with E-state index in [0.717, 1.165) is 77.5 Å². The minimum absolute atomic E-state index is 0.869.